The minimum atomic E-state index is -2.84. The first-order valence-electron chi connectivity index (χ1n) is 12.2. The molecule has 2 heterocycles. The first-order valence-corrected chi connectivity index (χ1v) is 13.9. The molecule has 168 valence electrons. The van der Waals surface area contributed by atoms with Crippen molar-refractivity contribution in [3.8, 4) is 0 Å². The third-order valence-corrected chi connectivity index (χ3v) is 10.6. The lowest BCUT2D eigenvalue weighted by Crippen LogP contribution is -2.41. The lowest BCUT2D eigenvalue weighted by Gasteiger charge is -2.45. The smallest absolute Gasteiger partial charge is 0.199 e. The molecule has 2 aromatic carbocycles. The van der Waals surface area contributed by atoms with E-state index in [9.17, 15) is 0 Å². The average molecular weight is 439 g/mol. The third kappa shape index (κ3) is 4.85. The Hall–Kier alpha value is -1.41. The highest BCUT2D eigenvalue weighted by atomic mass is 31.2. The van der Waals surface area contributed by atoms with Gasteiger partial charge in [-0.25, -0.2) is 4.67 Å². The fourth-order valence-corrected chi connectivity index (χ4v) is 8.87. The molecule has 2 unspecified atom stereocenters. The van der Waals surface area contributed by atoms with Crippen LogP contribution in [0.5, 0.6) is 0 Å². The largest absolute Gasteiger partial charge is 0.299 e. The van der Waals surface area contributed by atoms with Crippen LogP contribution in [0, 0.1) is 0 Å². The van der Waals surface area contributed by atoms with Crippen LogP contribution in [-0.4, -0.2) is 35.7 Å². The molecule has 4 rings (SSSR count). The molecule has 0 aromatic heterocycles. The Morgan fingerprint density at radius 3 is 1.84 bits per heavy atom. The van der Waals surface area contributed by atoms with Gasteiger partial charge >= 0.3 is 0 Å². The number of likely N-dealkylation sites (tertiary alicyclic amines) is 1. The summed E-state index contributed by atoms with van der Waals surface area (Å²) in [6.45, 7) is 10.7. The number of nitrogens with zero attached hydrogens (tertiary/aromatic N) is 2. The number of hydrogen-bond donors (Lipinski definition) is 0. The van der Waals surface area contributed by atoms with Gasteiger partial charge in [0.15, 0.2) is 7.29 Å². The highest BCUT2D eigenvalue weighted by Crippen LogP contribution is 2.63. The van der Waals surface area contributed by atoms with Gasteiger partial charge in [-0.1, -0.05) is 88.2 Å². The van der Waals surface area contributed by atoms with E-state index in [0.717, 1.165) is 44.3 Å². The van der Waals surface area contributed by atoms with Crippen LogP contribution in [0.3, 0.4) is 0 Å². The second-order valence-corrected chi connectivity index (χ2v) is 13.1. The van der Waals surface area contributed by atoms with Crippen molar-refractivity contribution in [1.29, 1.82) is 0 Å². The summed E-state index contributed by atoms with van der Waals surface area (Å²) in [5.74, 6) is -0.0673. The predicted octanol–water partition coefficient (Wildman–Crippen LogP) is 6.56. The van der Waals surface area contributed by atoms with Gasteiger partial charge in [0.25, 0.3) is 0 Å². The summed E-state index contributed by atoms with van der Waals surface area (Å²) in [5, 5.41) is 1.02. The van der Waals surface area contributed by atoms with Crippen molar-refractivity contribution in [1.82, 2.24) is 9.57 Å². The van der Waals surface area contributed by atoms with Crippen LogP contribution in [0.15, 0.2) is 54.6 Å². The fourth-order valence-electron chi connectivity index (χ4n) is 5.23. The van der Waals surface area contributed by atoms with Crippen LogP contribution in [0.25, 0.3) is 0 Å². The van der Waals surface area contributed by atoms with Crippen LogP contribution in [0.1, 0.15) is 76.2 Å². The molecule has 2 saturated heterocycles. The van der Waals surface area contributed by atoms with Crippen molar-refractivity contribution < 1.29 is 4.57 Å². The van der Waals surface area contributed by atoms with Crippen molar-refractivity contribution in [3.63, 3.8) is 0 Å². The second kappa shape index (κ2) is 9.61. The summed E-state index contributed by atoms with van der Waals surface area (Å²) >= 11 is 0. The van der Waals surface area contributed by atoms with E-state index in [4.69, 9.17) is 0 Å². The number of rotatable bonds is 5. The Morgan fingerprint density at radius 1 is 0.742 bits per heavy atom. The summed E-state index contributed by atoms with van der Waals surface area (Å²) in [7, 11) is -2.84. The normalized spacial score (nSPS) is 22.0. The summed E-state index contributed by atoms with van der Waals surface area (Å²) in [6.07, 6.45) is 7.22. The van der Waals surface area contributed by atoms with E-state index in [2.05, 4.69) is 78.9 Å². The predicted molar refractivity (Wildman–Crippen MR) is 132 cm³/mol. The molecule has 0 amide bonds. The van der Waals surface area contributed by atoms with Gasteiger partial charge in [0.1, 0.15) is 5.78 Å². The van der Waals surface area contributed by atoms with E-state index >= 15 is 4.57 Å². The quantitative estimate of drug-likeness (QED) is 0.494. The standard InChI is InChI=1S/C27H39N2OP/c1-27(2,3)24-17-15-23(16-18-24)26(28-19-9-5-10-20-28)31(30,25-13-7-4-8-14-25)29-21-11-6-12-22-29/h4,7-8,13-18,26H,5-6,9-12,19-22H2,1-3H3. The molecule has 0 aliphatic carbocycles. The minimum absolute atomic E-state index is 0.0673. The first kappa shape index (κ1) is 22.8. The SMILES string of the molecule is CC(C)(C)c1ccc(C(N2CCCCC2)P(=O)(c2ccccc2)N2CCCCC2)cc1. The fraction of sp³-hybridized carbons (Fsp3) is 0.556. The zero-order valence-corrected chi connectivity index (χ0v) is 20.5. The molecule has 0 spiro atoms. The Morgan fingerprint density at radius 2 is 1.29 bits per heavy atom. The molecule has 2 aromatic rings. The Kier molecular flexibility index (Phi) is 7.06. The summed E-state index contributed by atoms with van der Waals surface area (Å²) in [5.41, 5.74) is 2.67. The molecule has 2 aliphatic heterocycles. The van der Waals surface area contributed by atoms with Gasteiger partial charge in [0.05, 0.1) is 0 Å². The van der Waals surface area contributed by atoms with Gasteiger partial charge in [-0.3, -0.25) is 9.46 Å². The zero-order valence-electron chi connectivity index (χ0n) is 19.6. The minimum Gasteiger partial charge on any atom is -0.299 e. The maximum atomic E-state index is 15.3. The van der Waals surface area contributed by atoms with Crippen molar-refractivity contribution in [2.45, 2.75) is 70.5 Å². The molecule has 4 heteroatoms. The van der Waals surface area contributed by atoms with E-state index < -0.39 is 7.29 Å². The number of benzene rings is 2. The maximum Gasteiger partial charge on any atom is 0.199 e. The Bertz CT molecular complexity index is 876. The molecule has 0 saturated carbocycles. The highest BCUT2D eigenvalue weighted by molar-refractivity contribution is 7.69. The first-order chi connectivity index (χ1) is 14.9. The molecule has 2 aliphatic rings. The molecule has 3 nitrogen and oxygen atoms in total. The molecule has 2 atom stereocenters. The summed E-state index contributed by atoms with van der Waals surface area (Å²) < 4.78 is 17.7. The van der Waals surface area contributed by atoms with E-state index in [1.807, 2.05) is 6.07 Å². The van der Waals surface area contributed by atoms with Crippen molar-refractivity contribution in [2.24, 2.45) is 0 Å². The second-order valence-electron chi connectivity index (χ2n) is 10.3. The van der Waals surface area contributed by atoms with Gasteiger partial charge in [-0.05, 0) is 55.3 Å². The molecular formula is C27H39N2OP. The van der Waals surface area contributed by atoms with Crippen LogP contribution < -0.4 is 5.30 Å². The highest BCUT2D eigenvalue weighted by Gasteiger charge is 2.45. The summed E-state index contributed by atoms with van der Waals surface area (Å²) in [6, 6.07) is 19.4. The molecule has 0 bridgehead atoms. The lowest BCUT2D eigenvalue weighted by atomic mass is 9.86. The van der Waals surface area contributed by atoms with Crippen LogP contribution in [0.2, 0.25) is 0 Å². The van der Waals surface area contributed by atoms with Gasteiger partial charge in [0, 0.05) is 18.4 Å². The van der Waals surface area contributed by atoms with Crippen molar-refractivity contribution in [2.75, 3.05) is 26.2 Å². The number of hydrogen-bond acceptors (Lipinski definition) is 2. The van der Waals surface area contributed by atoms with E-state index in [-0.39, 0.29) is 11.2 Å². The zero-order chi connectivity index (χ0) is 21.9. The van der Waals surface area contributed by atoms with Crippen molar-refractivity contribution in [3.05, 3.63) is 65.7 Å². The van der Waals surface area contributed by atoms with Crippen molar-refractivity contribution >= 4 is 12.6 Å². The molecular weight excluding hydrogens is 399 g/mol. The van der Waals surface area contributed by atoms with Gasteiger partial charge < -0.3 is 0 Å². The third-order valence-electron chi connectivity index (χ3n) is 7.02. The van der Waals surface area contributed by atoms with E-state index in [1.165, 1.54) is 36.8 Å². The van der Waals surface area contributed by atoms with Gasteiger partial charge in [0.2, 0.25) is 0 Å². The van der Waals surface area contributed by atoms with E-state index in [1.54, 1.807) is 0 Å². The maximum absolute atomic E-state index is 15.3. The Labute approximate surface area is 189 Å². The summed E-state index contributed by atoms with van der Waals surface area (Å²) in [4.78, 5) is 2.54. The molecule has 0 N–H and O–H groups in total. The Balaban J connectivity index is 1.83. The van der Waals surface area contributed by atoms with E-state index in [0.29, 0.717) is 0 Å². The number of piperidine rings is 2. The van der Waals surface area contributed by atoms with Crippen LogP contribution in [0.4, 0.5) is 0 Å². The molecule has 31 heavy (non-hydrogen) atoms. The lowest BCUT2D eigenvalue weighted by molar-refractivity contribution is 0.198. The van der Waals surface area contributed by atoms with Crippen LogP contribution in [-0.2, 0) is 9.98 Å². The van der Waals surface area contributed by atoms with Gasteiger partial charge in [-0.15, -0.1) is 0 Å². The average Bonchev–Trinajstić information content (AvgIpc) is 2.81. The molecule has 0 radical (unpaired) electrons. The monoisotopic (exact) mass is 438 g/mol. The molecule has 2 fully saturated rings. The van der Waals surface area contributed by atoms with Gasteiger partial charge in [-0.2, -0.15) is 0 Å². The van der Waals surface area contributed by atoms with Crippen LogP contribution >= 0.6 is 7.29 Å². The topological polar surface area (TPSA) is 23.6 Å².